The van der Waals surface area contributed by atoms with Gasteiger partial charge in [0.2, 0.25) is 23.6 Å². The van der Waals surface area contributed by atoms with E-state index in [1.165, 1.54) is 4.90 Å². The molecule has 11 N–H and O–H groups in total. The van der Waals surface area contributed by atoms with Crippen molar-refractivity contribution in [1.82, 2.24) is 15.5 Å². The molecule has 1 saturated heterocycles. The molecule has 14 heteroatoms. The van der Waals surface area contributed by atoms with Crippen molar-refractivity contribution < 1.29 is 29.1 Å². The van der Waals surface area contributed by atoms with Crippen LogP contribution in [0.25, 0.3) is 0 Å². The van der Waals surface area contributed by atoms with E-state index < -0.39 is 60.2 Å². The van der Waals surface area contributed by atoms with Crippen LogP contribution in [0.1, 0.15) is 37.7 Å². The molecule has 4 atom stereocenters. The highest BCUT2D eigenvalue weighted by Gasteiger charge is 2.39. The number of nitrogens with one attached hydrogen (secondary N) is 2. The van der Waals surface area contributed by atoms with E-state index in [-0.39, 0.29) is 38.3 Å². The van der Waals surface area contributed by atoms with Gasteiger partial charge in [0.1, 0.15) is 18.1 Å². The Morgan fingerprint density at radius 2 is 1.74 bits per heavy atom. The van der Waals surface area contributed by atoms with E-state index in [2.05, 4.69) is 15.6 Å². The quantitative estimate of drug-likeness (QED) is 0.0760. The molecular formula is C24H36N8O6. The number of nitrogens with two attached hydrogens (primary N) is 4. The molecule has 4 unspecified atom stereocenters. The van der Waals surface area contributed by atoms with Crippen LogP contribution in [-0.4, -0.2) is 82.8 Å². The lowest BCUT2D eigenvalue weighted by molar-refractivity contribution is -0.145. The fourth-order valence-electron chi connectivity index (χ4n) is 4.15. The van der Waals surface area contributed by atoms with Gasteiger partial charge in [-0.3, -0.25) is 24.2 Å². The summed E-state index contributed by atoms with van der Waals surface area (Å²) in [6.07, 6.45) is 0.945. The second kappa shape index (κ2) is 14.5. The fraction of sp³-hybridized carbons (Fsp3) is 0.500. The summed E-state index contributed by atoms with van der Waals surface area (Å²) >= 11 is 0. The summed E-state index contributed by atoms with van der Waals surface area (Å²) in [5.74, 6) is -4.14. The second-order valence-corrected chi connectivity index (χ2v) is 9.07. The largest absolute Gasteiger partial charge is 0.480 e. The maximum Gasteiger partial charge on any atom is 0.326 e. The van der Waals surface area contributed by atoms with E-state index in [0.29, 0.717) is 12.8 Å². The van der Waals surface area contributed by atoms with Gasteiger partial charge in [-0.2, -0.15) is 0 Å². The minimum atomic E-state index is -1.34. The van der Waals surface area contributed by atoms with Crippen molar-refractivity contribution in [2.45, 2.75) is 62.7 Å². The van der Waals surface area contributed by atoms with Gasteiger partial charge in [-0.25, -0.2) is 4.79 Å². The Bertz CT molecular complexity index is 1030. The van der Waals surface area contributed by atoms with Gasteiger partial charge in [0.15, 0.2) is 5.96 Å². The molecule has 1 heterocycles. The van der Waals surface area contributed by atoms with Gasteiger partial charge in [-0.15, -0.1) is 0 Å². The molecule has 1 aromatic carbocycles. The third-order valence-corrected chi connectivity index (χ3v) is 6.06. The topological polar surface area (TPSA) is 249 Å². The standard InChI is InChI=1S/C24H36N8O6/c25-15(8-4-10-29-24(27)28)20(34)30-16(13-19(26)33)22(36)32-11-5-9-18(32)21(35)31-17(23(37)38)12-14-6-2-1-3-7-14/h1-3,6-7,15-18H,4-5,8-13,25H2,(H2,26,33)(H,30,34)(H,31,35)(H,37,38)(H4,27,28,29). The van der Waals surface area contributed by atoms with Crippen LogP contribution in [0.2, 0.25) is 0 Å². The van der Waals surface area contributed by atoms with Gasteiger partial charge in [0.25, 0.3) is 0 Å². The average Bonchev–Trinajstić information content (AvgIpc) is 3.35. The van der Waals surface area contributed by atoms with Crippen molar-refractivity contribution in [2.24, 2.45) is 27.9 Å². The lowest BCUT2D eigenvalue weighted by Crippen LogP contribution is -2.57. The van der Waals surface area contributed by atoms with Crippen molar-refractivity contribution in [3.8, 4) is 0 Å². The van der Waals surface area contributed by atoms with Crippen molar-refractivity contribution >= 4 is 35.6 Å². The first-order valence-corrected chi connectivity index (χ1v) is 12.3. The number of nitrogens with zero attached hydrogens (tertiary/aromatic N) is 2. The predicted octanol–water partition coefficient (Wildman–Crippen LogP) is -2.47. The van der Waals surface area contributed by atoms with Crippen molar-refractivity contribution in [2.75, 3.05) is 13.1 Å². The average molecular weight is 533 g/mol. The highest BCUT2D eigenvalue weighted by atomic mass is 16.4. The van der Waals surface area contributed by atoms with E-state index in [9.17, 15) is 29.1 Å². The number of amides is 4. The number of carbonyl (C=O) groups excluding carboxylic acids is 4. The Morgan fingerprint density at radius 1 is 1.05 bits per heavy atom. The van der Waals surface area contributed by atoms with Gasteiger partial charge < -0.3 is 43.6 Å². The van der Waals surface area contributed by atoms with Crippen LogP contribution < -0.4 is 33.6 Å². The van der Waals surface area contributed by atoms with E-state index in [4.69, 9.17) is 22.9 Å². The zero-order chi connectivity index (χ0) is 28.2. The number of hydrogen-bond donors (Lipinski definition) is 7. The Morgan fingerprint density at radius 3 is 2.34 bits per heavy atom. The van der Waals surface area contributed by atoms with E-state index in [1.54, 1.807) is 30.3 Å². The number of carboxylic acids is 1. The molecule has 0 radical (unpaired) electrons. The van der Waals surface area contributed by atoms with Crippen LogP contribution in [-0.2, 0) is 30.4 Å². The zero-order valence-electron chi connectivity index (χ0n) is 21.0. The van der Waals surface area contributed by atoms with Crippen LogP contribution in [0.15, 0.2) is 35.3 Å². The Labute approximate surface area is 220 Å². The first-order chi connectivity index (χ1) is 18.0. The molecule has 0 bridgehead atoms. The number of carbonyl (C=O) groups is 5. The van der Waals surface area contributed by atoms with Gasteiger partial charge >= 0.3 is 5.97 Å². The predicted molar refractivity (Wildman–Crippen MR) is 138 cm³/mol. The smallest absolute Gasteiger partial charge is 0.326 e. The summed E-state index contributed by atoms with van der Waals surface area (Å²) in [6.45, 7) is 0.447. The number of hydrogen-bond acceptors (Lipinski definition) is 7. The number of aliphatic carboxylic acids is 1. The SMILES string of the molecule is NC(=O)CC(NC(=O)C(N)CCCN=C(N)N)C(=O)N1CCCC1C(=O)NC(Cc1ccccc1)C(=O)O. The van der Waals surface area contributed by atoms with E-state index in [0.717, 1.165) is 5.56 Å². The van der Waals surface area contributed by atoms with Gasteiger partial charge in [0, 0.05) is 19.5 Å². The number of rotatable bonds is 14. The van der Waals surface area contributed by atoms with Crippen molar-refractivity contribution in [3.63, 3.8) is 0 Å². The van der Waals surface area contributed by atoms with Crippen LogP contribution in [0.4, 0.5) is 0 Å². The molecule has 14 nitrogen and oxygen atoms in total. The van der Waals surface area contributed by atoms with Crippen LogP contribution in [0.5, 0.6) is 0 Å². The molecule has 1 aliphatic heterocycles. The third kappa shape index (κ3) is 9.35. The van der Waals surface area contributed by atoms with Gasteiger partial charge in [-0.05, 0) is 31.2 Å². The number of benzene rings is 1. The van der Waals surface area contributed by atoms with E-state index in [1.807, 2.05) is 0 Å². The third-order valence-electron chi connectivity index (χ3n) is 6.06. The first kappa shape index (κ1) is 30.0. The number of primary amides is 1. The normalized spacial score (nSPS) is 17.1. The second-order valence-electron chi connectivity index (χ2n) is 9.07. The molecule has 38 heavy (non-hydrogen) atoms. The van der Waals surface area contributed by atoms with Crippen molar-refractivity contribution in [3.05, 3.63) is 35.9 Å². The number of aliphatic imine (C=N–C) groups is 1. The molecule has 0 saturated carbocycles. The Kier molecular flexibility index (Phi) is 11.5. The molecule has 208 valence electrons. The maximum absolute atomic E-state index is 13.3. The minimum Gasteiger partial charge on any atom is -0.480 e. The summed E-state index contributed by atoms with van der Waals surface area (Å²) in [5.41, 5.74) is 22.4. The first-order valence-electron chi connectivity index (χ1n) is 12.3. The lowest BCUT2D eigenvalue weighted by atomic mass is 10.0. The summed E-state index contributed by atoms with van der Waals surface area (Å²) < 4.78 is 0. The van der Waals surface area contributed by atoms with Gasteiger partial charge in [0.05, 0.1) is 12.5 Å². The number of likely N-dealkylation sites (tertiary alicyclic amines) is 1. The summed E-state index contributed by atoms with van der Waals surface area (Å²) in [5, 5.41) is 14.6. The van der Waals surface area contributed by atoms with Crippen LogP contribution in [0.3, 0.4) is 0 Å². The zero-order valence-corrected chi connectivity index (χ0v) is 21.0. The summed E-state index contributed by atoms with van der Waals surface area (Å²) in [7, 11) is 0. The monoisotopic (exact) mass is 532 g/mol. The number of guanidine groups is 1. The highest BCUT2D eigenvalue weighted by molar-refractivity contribution is 5.96. The van der Waals surface area contributed by atoms with Gasteiger partial charge in [-0.1, -0.05) is 30.3 Å². The molecule has 1 aromatic rings. The Hall–Kier alpha value is -4.20. The van der Waals surface area contributed by atoms with E-state index >= 15 is 0 Å². The molecule has 1 fully saturated rings. The minimum absolute atomic E-state index is 0.0595. The molecule has 1 aliphatic rings. The van der Waals surface area contributed by atoms with Crippen LogP contribution >= 0.6 is 0 Å². The maximum atomic E-state index is 13.3. The molecule has 4 amide bonds. The Balaban J connectivity index is 2.07. The fourth-order valence-corrected chi connectivity index (χ4v) is 4.15. The lowest BCUT2D eigenvalue weighted by Gasteiger charge is -2.29. The molecule has 2 rings (SSSR count). The molecular weight excluding hydrogens is 496 g/mol. The summed E-state index contributed by atoms with van der Waals surface area (Å²) in [6, 6.07) is 4.29. The summed E-state index contributed by atoms with van der Waals surface area (Å²) in [4.78, 5) is 67.4. The highest BCUT2D eigenvalue weighted by Crippen LogP contribution is 2.20. The van der Waals surface area contributed by atoms with Crippen LogP contribution in [0, 0.1) is 0 Å². The molecule has 0 spiro atoms. The van der Waals surface area contributed by atoms with Crippen molar-refractivity contribution in [1.29, 1.82) is 0 Å². The number of carboxylic acid groups (broad SMARTS) is 1. The molecule has 0 aromatic heterocycles. The molecule has 0 aliphatic carbocycles.